The molecule has 1 heterocycles. The van der Waals surface area contributed by atoms with E-state index in [9.17, 15) is 19.7 Å². The molecule has 0 aromatic heterocycles. The van der Waals surface area contributed by atoms with Crippen LogP contribution in [0, 0.1) is 10.1 Å². The molecule has 0 aliphatic carbocycles. The summed E-state index contributed by atoms with van der Waals surface area (Å²) in [7, 11) is 0. The predicted octanol–water partition coefficient (Wildman–Crippen LogP) is 2.73. The van der Waals surface area contributed by atoms with Crippen LogP contribution >= 0.6 is 0 Å². The number of imide groups is 1. The van der Waals surface area contributed by atoms with E-state index < -0.39 is 11.0 Å². The number of hydrogen-bond acceptors (Lipinski definition) is 5. The summed E-state index contributed by atoms with van der Waals surface area (Å²) in [5, 5.41) is 10.7. The number of rotatable bonds is 5. The molecule has 1 saturated heterocycles. The third-order valence-corrected chi connectivity index (χ3v) is 4.05. The van der Waals surface area contributed by atoms with Crippen LogP contribution in [0.4, 0.5) is 10.5 Å². The quantitative estimate of drug-likeness (QED) is 0.617. The molecule has 3 rings (SSSR count). The molecule has 25 heavy (non-hydrogen) atoms. The molecule has 2 amide bonds. The van der Waals surface area contributed by atoms with Gasteiger partial charge in [-0.3, -0.25) is 14.9 Å². The molecular formula is C18H16N2O5. The fourth-order valence-electron chi connectivity index (χ4n) is 2.80. The summed E-state index contributed by atoms with van der Waals surface area (Å²) >= 11 is 0. The molecule has 7 nitrogen and oxygen atoms in total. The second-order valence-electron chi connectivity index (χ2n) is 5.78. The van der Waals surface area contributed by atoms with Gasteiger partial charge in [-0.1, -0.05) is 42.5 Å². The van der Waals surface area contributed by atoms with Crippen molar-refractivity contribution in [2.24, 2.45) is 0 Å². The van der Waals surface area contributed by atoms with Gasteiger partial charge in [0.15, 0.2) is 0 Å². The van der Waals surface area contributed by atoms with E-state index in [2.05, 4.69) is 0 Å². The monoisotopic (exact) mass is 340 g/mol. The number of nitro benzene ring substituents is 1. The average Bonchev–Trinajstić information content (AvgIpc) is 2.96. The molecule has 0 saturated carbocycles. The van der Waals surface area contributed by atoms with Crippen LogP contribution < -0.4 is 0 Å². The number of non-ortho nitro benzene ring substituents is 1. The van der Waals surface area contributed by atoms with E-state index in [-0.39, 0.29) is 30.7 Å². The third-order valence-electron chi connectivity index (χ3n) is 4.05. The maximum Gasteiger partial charge on any atom is 0.416 e. The number of nitro groups is 1. The van der Waals surface area contributed by atoms with Crippen LogP contribution in [-0.2, 0) is 22.4 Å². The highest BCUT2D eigenvalue weighted by molar-refractivity contribution is 5.94. The molecule has 1 aliphatic heterocycles. The van der Waals surface area contributed by atoms with Crippen molar-refractivity contribution in [3.8, 4) is 0 Å². The van der Waals surface area contributed by atoms with Crippen molar-refractivity contribution in [1.29, 1.82) is 0 Å². The lowest BCUT2D eigenvalue weighted by Crippen LogP contribution is -2.41. The molecular weight excluding hydrogens is 324 g/mol. The zero-order chi connectivity index (χ0) is 17.8. The Labute approximate surface area is 144 Å². The van der Waals surface area contributed by atoms with E-state index in [1.54, 1.807) is 0 Å². The van der Waals surface area contributed by atoms with Gasteiger partial charge in [0.25, 0.3) is 5.69 Å². The molecule has 0 spiro atoms. The Morgan fingerprint density at radius 2 is 1.80 bits per heavy atom. The molecule has 1 fully saturated rings. The first kappa shape index (κ1) is 16.6. The zero-order valence-corrected chi connectivity index (χ0v) is 13.3. The van der Waals surface area contributed by atoms with Crippen molar-refractivity contribution >= 4 is 17.7 Å². The average molecular weight is 340 g/mol. The van der Waals surface area contributed by atoms with Crippen molar-refractivity contribution < 1.29 is 19.2 Å². The molecule has 0 N–H and O–H groups in total. The Bertz CT molecular complexity index is 789. The largest absolute Gasteiger partial charge is 0.447 e. The highest BCUT2D eigenvalue weighted by Crippen LogP contribution is 2.20. The van der Waals surface area contributed by atoms with Crippen molar-refractivity contribution in [3.05, 3.63) is 75.8 Å². The summed E-state index contributed by atoms with van der Waals surface area (Å²) in [6, 6.07) is 14.9. The molecule has 0 bridgehead atoms. The van der Waals surface area contributed by atoms with Gasteiger partial charge >= 0.3 is 6.09 Å². The van der Waals surface area contributed by atoms with Gasteiger partial charge in [0.05, 0.1) is 17.4 Å². The highest BCUT2D eigenvalue weighted by atomic mass is 16.6. The molecule has 2 aromatic rings. The Kier molecular flexibility index (Phi) is 4.74. The van der Waals surface area contributed by atoms with E-state index >= 15 is 0 Å². The van der Waals surface area contributed by atoms with Crippen LogP contribution in [0.3, 0.4) is 0 Å². The maximum absolute atomic E-state index is 12.5. The van der Waals surface area contributed by atoms with Crippen LogP contribution in [0.25, 0.3) is 0 Å². The van der Waals surface area contributed by atoms with Crippen molar-refractivity contribution in [2.45, 2.75) is 18.9 Å². The SMILES string of the molecule is O=C(Cc1ccc([N+](=O)[O-])cc1)N1C(=O)OC[C@H]1Cc1ccccc1. The normalized spacial score (nSPS) is 16.6. The lowest BCUT2D eigenvalue weighted by atomic mass is 10.0. The molecule has 1 aliphatic rings. The first-order valence-electron chi connectivity index (χ1n) is 7.80. The van der Waals surface area contributed by atoms with Gasteiger partial charge in [-0.15, -0.1) is 0 Å². The van der Waals surface area contributed by atoms with Crippen molar-refractivity contribution in [2.75, 3.05) is 6.61 Å². The van der Waals surface area contributed by atoms with Gasteiger partial charge in [-0.05, 0) is 17.5 Å². The van der Waals surface area contributed by atoms with E-state index in [0.29, 0.717) is 12.0 Å². The standard InChI is InChI=1S/C18H16N2O5/c21-17(11-14-6-8-15(9-7-14)20(23)24)19-16(12-25-18(19)22)10-13-4-2-1-3-5-13/h1-9,16H,10-12H2/t16-/m1/s1. The Morgan fingerprint density at radius 1 is 1.12 bits per heavy atom. The maximum atomic E-state index is 12.5. The van der Waals surface area contributed by atoms with E-state index in [0.717, 1.165) is 10.5 Å². The number of cyclic esters (lactones) is 1. The van der Waals surface area contributed by atoms with Gasteiger partial charge in [0.2, 0.25) is 5.91 Å². The first-order valence-corrected chi connectivity index (χ1v) is 7.80. The van der Waals surface area contributed by atoms with Crippen LogP contribution in [0.1, 0.15) is 11.1 Å². The Hall–Kier alpha value is -3.22. The van der Waals surface area contributed by atoms with Gasteiger partial charge < -0.3 is 4.74 Å². The lowest BCUT2D eigenvalue weighted by molar-refractivity contribution is -0.384. The molecule has 128 valence electrons. The molecule has 7 heteroatoms. The summed E-state index contributed by atoms with van der Waals surface area (Å²) in [6.07, 6.45) is -0.135. The summed E-state index contributed by atoms with van der Waals surface area (Å²) in [4.78, 5) is 35.8. The second-order valence-corrected chi connectivity index (χ2v) is 5.78. The lowest BCUT2D eigenvalue weighted by Gasteiger charge is -2.19. The highest BCUT2D eigenvalue weighted by Gasteiger charge is 2.37. The van der Waals surface area contributed by atoms with Gasteiger partial charge in [-0.2, -0.15) is 0 Å². The van der Waals surface area contributed by atoms with Crippen LogP contribution in [-0.4, -0.2) is 34.5 Å². The number of ether oxygens (including phenoxy) is 1. The number of carbonyl (C=O) groups is 2. The Morgan fingerprint density at radius 3 is 2.44 bits per heavy atom. The summed E-state index contributed by atoms with van der Waals surface area (Å²) in [5.74, 6) is -0.378. The number of nitrogens with zero attached hydrogens (tertiary/aromatic N) is 2. The zero-order valence-electron chi connectivity index (χ0n) is 13.3. The number of carbonyl (C=O) groups excluding carboxylic acids is 2. The third kappa shape index (κ3) is 3.82. The topological polar surface area (TPSA) is 89.8 Å². The second kappa shape index (κ2) is 7.12. The van der Waals surface area contributed by atoms with Gasteiger partial charge in [0.1, 0.15) is 6.61 Å². The number of amides is 2. The number of benzene rings is 2. The minimum atomic E-state index is -0.646. The fraction of sp³-hybridized carbons (Fsp3) is 0.222. The minimum Gasteiger partial charge on any atom is -0.447 e. The Balaban J connectivity index is 1.70. The summed E-state index contributed by atoms with van der Waals surface area (Å²) < 4.78 is 5.04. The van der Waals surface area contributed by atoms with Crippen LogP contribution in [0.5, 0.6) is 0 Å². The van der Waals surface area contributed by atoms with Crippen molar-refractivity contribution in [1.82, 2.24) is 4.90 Å². The van der Waals surface area contributed by atoms with E-state index in [1.807, 2.05) is 30.3 Å². The van der Waals surface area contributed by atoms with E-state index in [1.165, 1.54) is 24.3 Å². The summed E-state index contributed by atoms with van der Waals surface area (Å²) in [6.45, 7) is 0.166. The smallest absolute Gasteiger partial charge is 0.416 e. The van der Waals surface area contributed by atoms with Crippen molar-refractivity contribution in [3.63, 3.8) is 0 Å². The molecule has 0 unspecified atom stereocenters. The minimum absolute atomic E-state index is 0.0155. The van der Waals surface area contributed by atoms with Crippen LogP contribution in [0.15, 0.2) is 54.6 Å². The number of hydrogen-bond donors (Lipinski definition) is 0. The van der Waals surface area contributed by atoms with E-state index in [4.69, 9.17) is 4.74 Å². The van der Waals surface area contributed by atoms with Gasteiger partial charge in [-0.25, -0.2) is 9.69 Å². The van der Waals surface area contributed by atoms with Crippen LogP contribution in [0.2, 0.25) is 0 Å². The molecule has 2 aromatic carbocycles. The molecule has 0 radical (unpaired) electrons. The predicted molar refractivity (Wildman–Crippen MR) is 88.9 cm³/mol. The van der Waals surface area contributed by atoms with Gasteiger partial charge in [0, 0.05) is 12.1 Å². The molecule has 1 atom stereocenters. The first-order chi connectivity index (χ1) is 12.0. The summed E-state index contributed by atoms with van der Waals surface area (Å²) in [5.41, 5.74) is 1.58. The fourth-order valence-corrected chi connectivity index (χ4v) is 2.80.